The van der Waals surface area contributed by atoms with E-state index in [1.165, 1.54) is 11.1 Å². The van der Waals surface area contributed by atoms with Crippen molar-refractivity contribution >= 4 is 11.7 Å². The molecule has 0 saturated heterocycles. The minimum atomic E-state index is -0.512. The van der Waals surface area contributed by atoms with Gasteiger partial charge in [0, 0.05) is 7.05 Å². The van der Waals surface area contributed by atoms with E-state index in [1.54, 1.807) is 11.9 Å². The molecular weight excluding hydrogens is 322 g/mol. The molecule has 2 aromatic carbocycles. The predicted octanol–water partition coefficient (Wildman–Crippen LogP) is 6.09. The van der Waals surface area contributed by atoms with Gasteiger partial charge in [0.05, 0.1) is 6.04 Å². The van der Waals surface area contributed by atoms with Gasteiger partial charge >= 0.3 is 6.09 Å². The largest absolute Gasteiger partial charge is 0.444 e. The maximum absolute atomic E-state index is 12.6. The number of nitrogens with zero attached hydrogens (tertiary/aromatic N) is 1. The topological polar surface area (TPSA) is 29.5 Å². The van der Waals surface area contributed by atoms with E-state index >= 15 is 0 Å². The molecule has 0 aromatic heterocycles. The van der Waals surface area contributed by atoms with Gasteiger partial charge in [-0.15, -0.1) is 0 Å². The van der Waals surface area contributed by atoms with Crippen LogP contribution in [-0.2, 0) is 4.74 Å². The number of hydrogen-bond donors (Lipinski definition) is 0. The fourth-order valence-corrected chi connectivity index (χ4v) is 2.76. The quantitative estimate of drug-likeness (QED) is 0.652. The Kier molecular flexibility index (Phi) is 6.62. The van der Waals surface area contributed by atoms with Gasteiger partial charge in [-0.1, -0.05) is 66.7 Å². The van der Waals surface area contributed by atoms with Crippen molar-refractivity contribution in [3.63, 3.8) is 0 Å². The highest BCUT2D eigenvalue weighted by Gasteiger charge is 2.25. The second-order valence-electron chi connectivity index (χ2n) is 7.51. The van der Waals surface area contributed by atoms with E-state index in [-0.39, 0.29) is 12.1 Å². The SMILES string of the molecule is C/C(=C\C[C@H](c1ccccc1)N(C)C(=O)OC(C)(C)C)c1ccccc1. The number of hydrogen-bond acceptors (Lipinski definition) is 2. The maximum atomic E-state index is 12.6. The van der Waals surface area contributed by atoms with E-state index in [2.05, 4.69) is 37.3 Å². The summed E-state index contributed by atoms with van der Waals surface area (Å²) in [5.41, 5.74) is 2.98. The monoisotopic (exact) mass is 351 g/mol. The van der Waals surface area contributed by atoms with Gasteiger partial charge in [0.25, 0.3) is 0 Å². The van der Waals surface area contributed by atoms with E-state index in [0.29, 0.717) is 0 Å². The van der Waals surface area contributed by atoms with Crippen LogP contribution in [0.4, 0.5) is 4.79 Å². The van der Waals surface area contributed by atoms with Gasteiger partial charge in [-0.05, 0) is 50.8 Å². The highest BCUT2D eigenvalue weighted by molar-refractivity contribution is 5.69. The standard InChI is InChI=1S/C23H29NO2/c1-18(19-12-8-6-9-13-19)16-17-21(20-14-10-7-11-15-20)24(5)22(25)26-23(2,3)4/h6-16,21H,17H2,1-5H3/b18-16+/t21-/m1/s1. The Morgan fingerprint density at radius 1 is 1.04 bits per heavy atom. The normalized spacial score (nSPS) is 13.2. The summed E-state index contributed by atoms with van der Waals surface area (Å²) >= 11 is 0. The van der Waals surface area contributed by atoms with Crippen molar-refractivity contribution in [2.24, 2.45) is 0 Å². The smallest absolute Gasteiger partial charge is 0.410 e. The minimum Gasteiger partial charge on any atom is -0.444 e. The highest BCUT2D eigenvalue weighted by atomic mass is 16.6. The van der Waals surface area contributed by atoms with Crippen molar-refractivity contribution in [1.29, 1.82) is 0 Å². The molecule has 3 nitrogen and oxygen atoms in total. The molecule has 0 unspecified atom stereocenters. The number of carbonyl (C=O) groups is 1. The summed E-state index contributed by atoms with van der Waals surface area (Å²) in [6.45, 7) is 7.76. The zero-order valence-electron chi connectivity index (χ0n) is 16.4. The van der Waals surface area contributed by atoms with Crippen molar-refractivity contribution in [2.45, 2.75) is 45.8 Å². The first-order valence-corrected chi connectivity index (χ1v) is 9.01. The molecule has 3 heteroatoms. The number of ether oxygens (including phenoxy) is 1. The van der Waals surface area contributed by atoms with Crippen molar-refractivity contribution in [3.05, 3.63) is 77.9 Å². The van der Waals surface area contributed by atoms with Crippen LogP contribution in [0.25, 0.3) is 5.57 Å². The Balaban J connectivity index is 2.23. The Bertz CT molecular complexity index is 730. The first-order chi connectivity index (χ1) is 12.3. The molecule has 2 aromatic rings. The molecule has 0 N–H and O–H groups in total. The van der Waals surface area contributed by atoms with Crippen LogP contribution < -0.4 is 0 Å². The Morgan fingerprint density at radius 2 is 1.58 bits per heavy atom. The van der Waals surface area contributed by atoms with Gasteiger partial charge in [-0.25, -0.2) is 4.79 Å². The minimum absolute atomic E-state index is 0.0790. The predicted molar refractivity (Wildman–Crippen MR) is 108 cm³/mol. The Hall–Kier alpha value is -2.55. The summed E-state index contributed by atoms with van der Waals surface area (Å²) in [5.74, 6) is 0. The summed E-state index contributed by atoms with van der Waals surface area (Å²) in [5, 5.41) is 0. The van der Waals surface area contributed by atoms with Crippen LogP contribution in [0, 0.1) is 0 Å². The van der Waals surface area contributed by atoms with Crippen LogP contribution in [0.3, 0.4) is 0 Å². The first kappa shape index (κ1) is 19.8. The summed E-state index contributed by atoms with van der Waals surface area (Å²) < 4.78 is 5.56. The molecule has 0 radical (unpaired) electrons. The molecule has 2 rings (SSSR count). The van der Waals surface area contributed by atoms with Crippen LogP contribution >= 0.6 is 0 Å². The van der Waals surface area contributed by atoms with Crippen LogP contribution in [0.2, 0.25) is 0 Å². The van der Waals surface area contributed by atoms with Gasteiger partial charge < -0.3 is 9.64 Å². The number of allylic oxidation sites excluding steroid dienone is 1. The first-order valence-electron chi connectivity index (χ1n) is 9.01. The number of carbonyl (C=O) groups excluding carboxylic acids is 1. The molecule has 0 fully saturated rings. The zero-order valence-corrected chi connectivity index (χ0v) is 16.4. The van der Waals surface area contributed by atoms with E-state index in [9.17, 15) is 4.79 Å². The van der Waals surface area contributed by atoms with Crippen LogP contribution in [-0.4, -0.2) is 23.6 Å². The van der Waals surface area contributed by atoms with E-state index < -0.39 is 5.60 Å². The second-order valence-corrected chi connectivity index (χ2v) is 7.51. The van der Waals surface area contributed by atoms with Crippen LogP contribution in [0.5, 0.6) is 0 Å². The number of amides is 1. The number of rotatable bonds is 5. The van der Waals surface area contributed by atoms with Crippen molar-refractivity contribution in [3.8, 4) is 0 Å². The van der Waals surface area contributed by atoms with E-state index in [1.807, 2.05) is 57.2 Å². The molecule has 0 aliphatic carbocycles. The fraction of sp³-hybridized carbons (Fsp3) is 0.348. The van der Waals surface area contributed by atoms with Crippen LogP contribution in [0.1, 0.15) is 51.3 Å². The average molecular weight is 351 g/mol. The summed E-state index contributed by atoms with van der Waals surface area (Å²) in [4.78, 5) is 14.3. The molecule has 0 spiro atoms. The number of benzene rings is 2. The van der Waals surface area contributed by atoms with Crippen molar-refractivity contribution in [2.75, 3.05) is 7.05 Å². The maximum Gasteiger partial charge on any atom is 0.410 e. The molecule has 0 aliphatic heterocycles. The van der Waals surface area contributed by atoms with E-state index in [0.717, 1.165) is 12.0 Å². The second kappa shape index (κ2) is 8.70. The summed E-state index contributed by atoms with van der Waals surface area (Å²) in [7, 11) is 1.80. The average Bonchev–Trinajstić information content (AvgIpc) is 2.61. The van der Waals surface area contributed by atoms with E-state index in [4.69, 9.17) is 4.74 Å². The molecule has 138 valence electrons. The Morgan fingerprint density at radius 3 is 2.12 bits per heavy atom. The van der Waals surface area contributed by atoms with Gasteiger partial charge in [0.1, 0.15) is 5.60 Å². The lowest BCUT2D eigenvalue weighted by Gasteiger charge is -2.30. The molecule has 0 bridgehead atoms. The van der Waals surface area contributed by atoms with Gasteiger partial charge in [0.15, 0.2) is 0 Å². The van der Waals surface area contributed by atoms with Crippen molar-refractivity contribution < 1.29 is 9.53 Å². The third-order valence-corrected chi connectivity index (χ3v) is 4.21. The fourth-order valence-electron chi connectivity index (χ4n) is 2.76. The highest BCUT2D eigenvalue weighted by Crippen LogP contribution is 2.27. The third kappa shape index (κ3) is 5.76. The van der Waals surface area contributed by atoms with Gasteiger partial charge in [0.2, 0.25) is 0 Å². The molecule has 1 amide bonds. The summed E-state index contributed by atoms with van der Waals surface area (Å²) in [6.07, 6.45) is 2.60. The van der Waals surface area contributed by atoms with Gasteiger partial charge in [-0.2, -0.15) is 0 Å². The lowest BCUT2D eigenvalue weighted by atomic mass is 9.99. The molecule has 1 atom stereocenters. The molecule has 0 saturated carbocycles. The Labute approximate surface area is 157 Å². The molecule has 0 aliphatic rings. The third-order valence-electron chi connectivity index (χ3n) is 4.21. The van der Waals surface area contributed by atoms with Gasteiger partial charge in [-0.3, -0.25) is 0 Å². The van der Waals surface area contributed by atoms with Crippen LogP contribution in [0.15, 0.2) is 66.7 Å². The summed E-state index contributed by atoms with van der Waals surface area (Å²) in [6, 6.07) is 20.3. The molecule has 26 heavy (non-hydrogen) atoms. The molecular formula is C23H29NO2. The molecule has 0 heterocycles. The van der Waals surface area contributed by atoms with Crippen molar-refractivity contribution in [1.82, 2.24) is 4.90 Å². The zero-order chi connectivity index (χ0) is 19.2. The lowest BCUT2D eigenvalue weighted by molar-refractivity contribution is 0.0221. The lowest BCUT2D eigenvalue weighted by Crippen LogP contribution is -2.36.